The SMILES string of the molecule is CC(C)(C)NC(=O)c1cccc(NC(=O)NCc2nc3ccccc3s2)c1. The van der Waals surface area contributed by atoms with Gasteiger partial charge in [0.15, 0.2) is 0 Å². The van der Waals surface area contributed by atoms with Gasteiger partial charge in [-0.3, -0.25) is 4.79 Å². The van der Waals surface area contributed by atoms with Gasteiger partial charge in [0, 0.05) is 16.8 Å². The maximum Gasteiger partial charge on any atom is 0.319 e. The number of hydrogen-bond acceptors (Lipinski definition) is 4. The quantitative estimate of drug-likeness (QED) is 0.634. The van der Waals surface area contributed by atoms with E-state index in [-0.39, 0.29) is 17.5 Å². The van der Waals surface area contributed by atoms with Crippen LogP contribution in [0.25, 0.3) is 10.2 Å². The monoisotopic (exact) mass is 382 g/mol. The molecule has 7 heteroatoms. The van der Waals surface area contributed by atoms with Gasteiger partial charge in [0.2, 0.25) is 0 Å². The number of rotatable bonds is 4. The number of nitrogens with zero attached hydrogens (tertiary/aromatic N) is 1. The van der Waals surface area contributed by atoms with E-state index < -0.39 is 0 Å². The van der Waals surface area contributed by atoms with E-state index in [2.05, 4.69) is 20.9 Å². The summed E-state index contributed by atoms with van der Waals surface area (Å²) in [5.74, 6) is -0.180. The van der Waals surface area contributed by atoms with Crippen LogP contribution in [0.2, 0.25) is 0 Å². The zero-order valence-corrected chi connectivity index (χ0v) is 16.3. The Kier molecular flexibility index (Phi) is 5.41. The van der Waals surface area contributed by atoms with E-state index >= 15 is 0 Å². The third kappa shape index (κ3) is 5.27. The molecule has 0 bridgehead atoms. The lowest BCUT2D eigenvalue weighted by molar-refractivity contribution is 0.0919. The number of hydrogen-bond donors (Lipinski definition) is 3. The molecule has 0 aliphatic rings. The van der Waals surface area contributed by atoms with Gasteiger partial charge in [-0.15, -0.1) is 11.3 Å². The van der Waals surface area contributed by atoms with E-state index in [1.165, 1.54) is 0 Å². The van der Waals surface area contributed by atoms with Crippen molar-refractivity contribution >= 4 is 39.2 Å². The van der Waals surface area contributed by atoms with E-state index in [1.54, 1.807) is 35.6 Å². The third-order valence-electron chi connectivity index (χ3n) is 3.61. The molecule has 1 aromatic heterocycles. The molecule has 0 saturated heterocycles. The molecule has 140 valence electrons. The summed E-state index contributed by atoms with van der Waals surface area (Å²) >= 11 is 1.55. The molecule has 0 unspecified atom stereocenters. The molecule has 0 spiro atoms. The zero-order valence-electron chi connectivity index (χ0n) is 15.5. The standard InChI is InChI=1S/C20H22N4O2S/c1-20(2,3)24-18(25)13-7-6-8-14(11-13)22-19(26)21-12-17-23-15-9-4-5-10-16(15)27-17/h4-11H,12H2,1-3H3,(H,24,25)(H2,21,22,26). The Morgan fingerprint density at radius 2 is 1.85 bits per heavy atom. The van der Waals surface area contributed by atoms with Crippen molar-refractivity contribution in [3.63, 3.8) is 0 Å². The average molecular weight is 382 g/mol. The predicted octanol–water partition coefficient (Wildman–Crippen LogP) is 4.15. The van der Waals surface area contributed by atoms with Gasteiger partial charge in [0.1, 0.15) is 5.01 Å². The Hall–Kier alpha value is -2.93. The Morgan fingerprint density at radius 1 is 1.07 bits per heavy atom. The molecule has 0 radical (unpaired) electrons. The Bertz CT molecular complexity index is 942. The van der Waals surface area contributed by atoms with Crippen molar-refractivity contribution in [2.24, 2.45) is 0 Å². The molecule has 3 aromatic rings. The number of nitrogens with one attached hydrogen (secondary N) is 3. The van der Waals surface area contributed by atoms with Crippen molar-refractivity contribution in [3.05, 3.63) is 59.1 Å². The van der Waals surface area contributed by atoms with Gasteiger partial charge in [-0.1, -0.05) is 18.2 Å². The summed E-state index contributed by atoms with van der Waals surface area (Å²) < 4.78 is 1.09. The van der Waals surface area contributed by atoms with Gasteiger partial charge in [0.25, 0.3) is 5.91 Å². The molecule has 1 heterocycles. The van der Waals surface area contributed by atoms with Gasteiger partial charge in [-0.2, -0.15) is 0 Å². The normalized spacial score (nSPS) is 11.2. The number of thiazole rings is 1. The lowest BCUT2D eigenvalue weighted by atomic mass is 10.1. The molecule has 27 heavy (non-hydrogen) atoms. The number of carbonyl (C=O) groups excluding carboxylic acids is 2. The summed E-state index contributed by atoms with van der Waals surface area (Å²) in [4.78, 5) is 28.9. The number of para-hydroxylation sites is 1. The molecule has 0 fully saturated rings. The highest BCUT2D eigenvalue weighted by Crippen LogP contribution is 2.21. The van der Waals surface area contributed by atoms with E-state index in [0.717, 1.165) is 15.2 Å². The minimum absolute atomic E-state index is 0.180. The van der Waals surface area contributed by atoms with Crippen LogP contribution in [0, 0.1) is 0 Å². The Balaban J connectivity index is 1.59. The Labute approximate surface area is 162 Å². The number of fused-ring (bicyclic) bond motifs is 1. The number of benzene rings is 2. The van der Waals surface area contributed by atoms with Crippen LogP contribution in [0.4, 0.5) is 10.5 Å². The molecular formula is C20H22N4O2S. The average Bonchev–Trinajstić information content (AvgIpc) is 3.02. The van der Waals surface area contributed by atoms with Crippen molar-refractivity contribution in [2.75, 3.05) is 5.32 Å². The van der Waals surface area contributed by atoms with E-state index in [1.807, 2.05) is 45.0 Å². The van der Waals surface area contributed by atoms with Crippen LogP contribution in [-0.4, -0.2) is 22.5 Å². The summed E-state index contributed by atoms with van der Waals surface area (Å²) in [6.07, 6.45) is 0. The zero-order chi connectivity index (χ0) is 19.4. The summed E-state index contributed by atoms with van der Waals surface area (Å²) in [7, 11) is 0. The van der Waals surface area contributed by atoms with Crippen LogP contribution >= 0.6 is 11.3 Å². The van der Waals surface area contributed by atoms with Gasteiger partial charge in [-0.05, 0) is 51.1 Å². The van der Waals surface area contributed by atoms with E-state index in [4.69, 9.17) is 0 Å². The van der Waals surface area contributed by atoms with E-state index in [9.17, 15) is 9.59 Å². The van der Waals surface area contributed by atoms with E-state index in [0.29, 0.717) is 17.8 Å². The second-order valence-electron chi connectivity index (χ2n) is 7.17. The fraction of sp³-hybridized carbons (Fsp3) is 0.250. The van der Waals surface area contributed by atoms with Crippen LogP contribution in [0.15, 0.2) is 48.5 Å². The molecule has 3 N–H and O–H groups in total. The Morgan fingerprint density at radius 3 is 2.59 bits per heavy atom. The van der Waals surface area contributed by atoms with Crippen molar-refractivity contribution < 1.29 is 9.59 Å². The second-order valence-corrected chi connectivity index (χ2v) is 8.28. The topological polar surface area (TPSA) is 83.1 Å². The highest BCUT2D eigenvalue weighted by atomic mass is 32.1. The fourth-order valence-corrected chi connectivity index (χ4v) is 3.38. The van der Waals surface area contributed by atoms with Crippen molar-refractivity contribution in [1.82, 2.24) is 15.6 Å². The summed E-state index contributed by atoms with van der Waals surface area (Å²) in [5, 5.41) is 9.28. The first-order chi connectivity index (χ1) is 12.8. The van der Waals surface area contributed by atoms with Crippen molar-refractivity contribution in [1.29, 1.82) is 0 Å². The van der Waals surface area contributed by atoms with Crippen LogP contribution in [0.5, 0.6) is 0 Å². The van der Waals surface area contributed by atoms with Crippen LogP contribution in [-0.2, 0) is 6.54 Å². The maximum absolute atomic E-state index is 12.2. The van der Waals surface area contributed by atoms with Gasteiger partial charge < -0.3 is 16.0 Å². The molecule has 0 saturated carbocycles. The predicted molar refractivity (Wildman–Crippen MR) is 109 cm³/mol. The number of carbonyl (C=O) groups is 2. The molecule has 3 amide bonds. The fourth-order valence-electron chi connectivity index (χ4n) is 2.48. The van der Waals surface area contributed by atoms with Crippen molar-refractivity contribution in [3.8, 4) is 0 Å². The summed E-state index contributed by atoms with van der Waals surface area (Å²) in [6.45, 7) is 6.10. The lowest BCUT2D eigenvalue weighted by Crippen LogP contribution is -2.40. The molecule has 6 nitrogen and oxygen atoms in total. The molecule has 3 rings (SSSR count). The first-order valence-corrected chi connectivity index (χ1v) is 9.44. The number of anilines is 1. The third-order valence-corrected chi connectivity index (χ3v) is 4.65. The first-order valence-electron chi connectivity index (χ1n) is 8.62. The minimum atomic E-state index is -0.345. The van der Waals surface area contributed by atoms with Gasteiger partial charge >= 0.3 is 6.03 Å². The lowest BCUT2D eigenvalue weighted by Gasteiger charge is -2.20. The largest absolute Gasteiger partial charge is 0.347 e. The molecule has 0 atom stereocenters. The maximum atomic E-state index is 12.2. The van der Waals surface area contributed by atoms with Gasteiger partial charge in [-0.25, -0.2) is 9.78 Å². The number of amides is 3. The van der Waals surface area contributed by atoms with Crippen LogP contribution in [0.1, 0.15) is 36.1 Å². The number of aromatic nitrogens is 1. The molecule has 2 aromatic carbocycles. The van der Waals surface area contributed by atoms with Crippen LogP contribution < -0.4 is 16.0 Å². The minimum Gasteiger partial charge on any atom is -0.347 e. The van der Waals surface area contributed by atoms with Crippen molar-refractivity contribution in [2.45, 2.75) is 32.9 Å². The summed E-state index contributed by atoms with van der Waals surface area (Å²) in [6, 6.07) is 14.4. The number of urea groups is 1. The smallest absolute Gasteiger partial charge is 0.319 e. The molecule has 0 aliphatic carbocycles. The summed E-state index contributed by atoms with van der Waals surface area (Å²) in [5.41, 5.74) is 1.65. The van der Waals surface area contributed by atoms with Crippen LogP contribution in [0.3, 0.4) is 0 Å². The molecular weight excluding hydrogens is 360 g/mol. The molecule has 0 aliphatic heterocycles. The first kappa shape index (κ1) is 18.8. The highest BCUT2D eigenvalue weighted by molar-refractivity contribution is 7.18. The second kappa shape index (κ2) is 7.75. The van der Waals surface area contributed by atoms with Gasteiger partial charge in [0.05, 0.1) is 16.8 Å². The highest BCUT2D eigenvalue weighted by Gasteiger charge is 2.15.